The number of halogens is 1. The minimum Gasteiger partial charge on any atom is -0.380 e. The van der Waals surface area contributed by atoms with Gasteiger partial charge in [-0.1, -0.05) is 31.2 Å². The normalized spacial score (nSPS) is 16.0. The van der Waals surface area contributed by atoms with Gasteiger partial charge in [-0.15, -0.1) is 24.0 Å². The number of nitrogens with one attached hydrogen (secondary N) is 2. The van der Waals surface area contributed by atoms with E-state index in [0.29, 0.717) is 13.2 Å². The van der Waals surface area contributed by atoms with Crippen molar-refractivity contribution in [3.05, 3.63) is 35.4 Å². The Balaban J connectivity index is 0.00000364. The number of guanidine groups is 1. The van der Waals surface area contributed by atoms with Crippen LogP contribution in [-0.4, -0.2) is 50.7 Å². The number of ether oxygens (including phenoxy) is 1. The molecule has 1 aliphatic heterocycles. The molecule has 27 heavy (non-hydrogen) atoms. The third-order valence-corrected chi connectivity index (χ3v) is 4.99. The van der Waals surface area contributed by atoms with Crippen molar-refractivity contribution in [3.8, 4) is 0 Å². The predicted octanol–water partition coefficient (Wildman–Crippen LogP) is 3.63. The molecule has 1 fully saturated rings. The van der Waals surface area contributed by atoms with E-state index in [1.165, 1.54) is 43.6 Å². The Hall–Kier alpha value is -0.860. The van der Waals surface area contributed by atoms with Gasteiger partial charge in [0.05, 0.1) is 13.2 Å². The Morgan fingerprint density at radius 2 is 1.89 bits per heavy atom. The van der Waals surface area contributed by atoms with Crippen molar-refractivity contribution in [2.45, 2.75) is 46.3 Å². The first-order valence-corrected chi connectivity index (χ1v) is 10.0. The summed E-state index contributed by atoms with van der Waals surface area (Å²) in [5, 5.41) is 6.81. The van der Waals surface area contributed by atoms with Gasteiger partial charge in [0.25, 0.3) is 0 Å². The molecule has 1 aromatic rings. The van der Waals surface area contributed by atoms with Crippen LogP contribution < -0.4 is 10.6 Å². The fourth-order valence-corrected chi connectivity index (χ4v) is 3.31. The molecule has 6 heteroatoms. The molecule has 0 bridgehead atoms. The highest BCUT2D eigenvalue weighted by molar-refractivity contribution is 14.0. The summed E-state index contributed by atoms with van der Waals surface area (Å²) in [4.78, 5) is 7.34. The number of benzene rings is 1. The number of hydrogen-bond acceptors (Lipinski definition) is 3. The molecule has 0 unspecified atom stereocenters. The van der Waals surface area contributed by atoms with E-state index in [2.05, 4.69) is 47.6 Å². The standard InChI is InChI=1S/C21H36N4O.HI/c1-4-22-21(23-12-7-13-25-14-10-18(2)11-15-25)24-16-19-8-5-6-9-20(19)17-26-3;/h5-6,8-9,18H,4,7,10-17H2,1-3H3,(H2,22,23,24);1H. The molecule has 0 amide bonds. The first kappa shape index (κ1) is 24.2. The van der Waals surface area contributed by atoms with Crippen LogP contribution in [0.3, 0.4) is 0 Å². The Morgan fingerprint density at radius 1 is 1.19 bits per heavy atom. The number of methoxy groups -OCH3 is 1. The molecule has 154 valence electrons. The molecule has 0 atom stereocenters. The maximum atomic E-state index is 5.28. The van der Waals surface area contributed by atoms with Gasteiger partial charge in [0, 0.05) is 20.2 Å². The third kappa shape index (κ3) is 9.25. The molecule has 0 radical (unpaired) electrons. The predicted molar refractivity (Wildman–Crippen MR) is 125 cm³/mol. The van der Waals surface area contributed by atoms with Gasteiger partial charge in [0.15, 0.2) is 5.96 Å². The van der Waals surface area contributed by atoms with Gasteiger partial charge in [-0.25, -0.2) is 4.99 Å². The molecular formula is C21H37IN4O. The smallest absolute Gasteiger partial charge is 0.191 e. The van der Waals surface area contributed by atoms with Crippen LogP contribution >= 0.6 is 24.0 Å². The summed E-state index contributed by atoms with van der Waals surface area (Å²) in [6.07, 6.45) is 3.84. The molecule has 1 saturated heterocycles. The lowest BCUT2D eigenvalue weighted by atomic mass is 9.99. The first-order valence-electron chi connectivity index (χ1n) is 10.0. The lowest BCUT2D eigenvalue weighted by Crippen LogP contribution is -2.39. The van der Waals surface area contributed by atoms with Gasteiger partial charge in [0.2, 0.25) is 0 Å². The van der Waals surface area contributed by atoms with E-state index in [4.69, 9.17) is 9.73 Å². The molecule has 2 rings (SSSR count). The van der Waals surface area contributed by atoms with Crippen LogP contribution in [0, 0.1) is 5.92 Å². The van der Waals surface area contributed by atoms with Crippen LogP contribution in [0.5, 0.6) is 0 Å². The largest absolute Gasteiger partial charge is 0.380 e. The van der Waals surface area contributed by atoms with Crippen LogP contribution in [0.25, 0.3) is 0 Å². The summed E-state index contributed by atoms with van der Waals surface area (Å²) in [5.74, 6) is 1.80. The van der Waals surface area contributed by atoms with Gasteiger partial charge >= 0.3 is 0 Å². The third-order valence-electron chi connectivity index (χ3n) is 4.99. The molecule has 2 N–H and O–H groups in total. The molecule has 0 saturated carbocycles. The lowest BCUT2D eigenvalue weighted by Gasteiger charge is -2.30. The zero-order valence-corrected chi connectivity index (χ0v) is 19.5. The van der Waals surface area contributed by atoms with Gasteiger partial charge < -0.3 is 20.3 Å². The van der Waals surface area contributed by atoms with Crippen molar-refractivity contribution in [3.63, 3.8) is 0 Å². The maximum absolute atomic E-state index is 5.28. The summed E-state index contributed by atoms with van der Waals surface area (Å²) in [6.45, 7) is 11.3. The van der Waals surface area contributed by atoms with Crippen molar-refractivity contribution in [1.29, 1.82) is 0 Å². The Labute approximate surface area is 182 Å². The number of likely N-dealkylation sites (tertiary alicyclic amines) is 1. The van der Waals surface area contributed by atoms with Crippen LogP contribution in [-0.2, 0) is 17.9 Å². The van der Waals surface area contributed by atoms with E-state index in [-0.39, 0.29) is 24.0 Å². The number of nitrogens with zero attached hydrogens (tertiary/aromatic N) is 2. The Morgan fingerprint density at radius 3 is 2.56 bits per heavy atom. The van der Waals surface area contributed by atoms with Crippen LogP contribution in [0.15, 0.2) is 29.3 Å². The zero-order valence-electron chi connectivity index (χ0n) is 17.2. The molecule has 5 nitrogen and oxygen atoms in total. The molecule has 1 heterocycles. The summed E-state index contributed by atoms with van der Waals surface area (Å²) < 4.78 is 5.28. The zero-order chi connectivity index (χ0) is 18.6. The van der Waals surface area contributed by atoms with E-state index in [1.54, 1.807) is 7.11 Å². The van der Waals surface area contributed by atoms with Crippen molar-refractivity contribution < 1.29 is 4.74 Å². The summed E-state index contributed by atoms with van der Waals surface area (Å²) in [6, 6.07) is 8.34. The summed E-state index contributed by atoms with van der Waals surface area (Å²) >= 11 is 0. The summed E-state index contributed by atoms with van der Waals surface area (Å²) in [7, 11) is 1.73. The van der Waals surface area contributed by atoms with Gasteiger partial charge in [-0.2, -0.15) is 0 Å². The quantitative estimate of drug-likeness (QED) is 0.241. The number of aliphatic imine (C=N–C) groups is 1. The van der Waals surface area contributed by atoms with Crippen LogP contribution in [0.4, 0.5) is 0 Å². The van der Waals surface area contributed by atoms with E-state index < -0.39 is 0 Å². The van der Waals surface area contributed by atoms with Crippen molar-refractivity contribution >= 4 is 29.9 Å². The van der Waals surface area contributed by atoms with Crippen LogP contribution in [0.2, 0.25) is 0 Å². The molecule has 1 aliphatic rings. The fraction of sp³-hybridized carbons (Fsp3) is 0.667. The first-order chi connectivity index (χ1) is 12.7. The van der Waals surface area contributed by atoms with Gasteiger partial charge in [0.1, 0.15) is 0 Å². The van der Waals surface area contributed by atoms with Crippen molar-refractivity contribution in [2.75, 3.05) is 39.8 Å². The highest BCUT2D eigenvalue weighted by atomic mass is 127. The second-order valence-corrected chi connectivity index (χ2v) is 7.20. The molecular weight excluding hydrogens is 451 g/mol. The fourth-order valence-electron chi connectivity index (χ4n) is 3.31. The second kappa shape index (κ2) is 14.2. The van der Waals surface area contributed by atoms with Crippen molar-refractivity contribution in [1.82, 2.24) is 15.5 Å². The van der Waals surface area contributed by atoms with E-state index in [0.717, 1.165) is 31.4 Å². The number of hydrogen-bond donors (Lipinski definition) is 2. The molecule has 0 spiro atoms. The minimum atomic E-state index is 0. The van der Waals surface area contributed by atoms with E-state index in [9.17, 15) is 0 Å². The topological polar surface area (TPSA) is 48.9 Å². The highest BCUT2D eigenvalue weighted by Gasteiger charge is 2.14. The monoisotopic (exact) mass is 488 g/mol. The Bertz CT molecular complexity index is 545. The summed E-state index contributed by atoms with van der Waals surface area (Å²) in [5.41, 5.74) is 2.42. The van der Waals surface area contributed by atoms with Crippen molar-refractivity contribution in [2.24, 2.45) is 10.9 Å². The minimum absolute atomic E-state index is 0. The lowest BCUT2D eigenvalue weighted by molar-refractivity contribution is 0.184. The van der Waals surface area contributed by atoms with Gasteiger partial charge in [-0.05, 0) is 62.9 Å². The highest BCUT2D eigenvalue weighted by Crippen LogP contribution is 2.15. The molecule has 0 aromatic heterocycles. The average Bonchev–Trinajstić information content (AvgIpc) is 2.66. The molecule has 1 aromatic carbocycles. The Kier molecular flexibility index (Phi) is 12.7. The SMILES string of the molecule is CCNC(=NCc1ccccc1COC)NCCCN1CCC(C)CC1.I. The van der Waals surface area contributed by atoms with Crippen LogP contribution in [0.1, 0.15) is 44.2 Å². The average molecular weight is 488 g/mol. The van der Waals surface area contributed by atoms with E-state index >= 15 is 0 Å². The second-order valence-electron chi connectivity index (χ2n) is 7.20. The van der Waals surface area contributed by atoms with Gasteiger partial charge in [-0.3, -0.25) is 0 Å². The number of rotatable bonds is 9. The molecule has 0 aliphatic carbocycles. The van der Waals surface area contributed by atoms with E-state index in [1.807, 2.05) is 6.07 Å². The maximum Gasteiger partial charge on any atom is 0.191 e. The number of piperidine rings is 1.